The molecule has 2 N–H and O–H groups in total. The Morgan fingerprint density at radius 3 is 2.52 bits per heavy atom. The number of hydrogen-bond donors (Lipinski definition) is 2. The number of sulfonamides is 1. The van der Waals surface area contributed by atoms with Gasteiger partial charge < -0.3 is 10.1 Å². The maximum absolute atomic E-state index is 12.2. The molecule has 1 aromatic carbocycles. The molecular formula is C15H24N2O3S. The Bertz CT molecular complexity index is 539. The van der Waals surface area contributed by atoms with Gasteiger partial charge in [-0.3, -0.25) is 0 Å². The summed E-state index contributed by atoms with van der Waals surface area (Å²) in [5.74, 6) is 1.18. The van der Waals surface area contributed by atoms with Crippen LogP contribution in [0.2, 0.25) is 0 Å². The average Bonchev–Trinajstić information content (AvgIpc) is 3.28. The largest absolute Gasteiger partial charge is 0.492 e. The van der Waals surface area contributed by atoms with Gasteiger partial charge in [0.15, 0.2) is 0 Å². The van der Waals surface area contributed by atoms with E-state index in [1.807, 2.05) is 13.8 Å². The molecule has 0 amide bonds. The lowest BCUT2D eigenvalue weighted by Gasteiger charge is -2.13. The Balaban J connectivity index is 1.90. The predicted molar refractivity (Wildman–Crippen MR) is 83.0 cm³/mol. The highest BCUT2D eigenvalue weighted by Crippen LogP contribution is 2.33. The van der Waals surface area contributed by atoms with Crippen molar-refractivity contribution in [1.29, 1.82) is 0 Å². The highest BCUT2D eigenvalue weighted by molar-refractivity contribution is 7.89. The third kappa shape index (κ3) is 4.98. The van der Waals surface area contributed by atoms with Crippen LogP contribution in [0.5, 0.6) is 5.75 Å². The summed E-state index contributed by atoms with van der Waals surface area (Å²) in [4.78, 5) is 0.286. The molecule has 0 saturated heterocycles. The van der Waals surface area contributed by atoms with Crippen molar-refractivity contribution in [3.05, 3.63) is 24.3 Å². The predicted octanol–water partition coefficient (Wildman–Crippen LogP) is 1.75. The Labute approximate surface area is 127 Å². The van der Waals surface area contributed by atoms with E-state index in [2.05, 4.69) is 10.0 Å². The first-order chi connectivity index (χ1) is 10.0. The molecule has 0 aliphatic heterocycles. The minimum Gasteiger partial charge on any atom is -0.492 e. The first-order valence-corrected chi connectivity index (χ1v) is 8.97. The van der Waals surface area contributed by atoms with Crippen LogP contribution in [-0.4, -0.2) is 34.2 Å². The van der Waals surface area contributed by atoms with E-state index in [0.29, 0.717) is 18.3 Å². The van der Waals surface area contributed by atoms with Gasteiger partial charge in [-0.2, -0.15) is 0 Å². The van der Waals surface area contributed by atoms with Gasteiger partial charge in [-0.25, -0.2) is 13.1 Å². The number of benzene rings is 1. The van der Waals surface area contributed by atoms with Crippen molar-refractivity contribution < 1.29 is 13.2 Å². The topological polar surface area (TPSA) is 67.4 Å². The van der Waals surface area contributed by atoms with E-state index in [-0.39, 0.29) is 10.9 Å². The summed E-state index contributed by atoms with van der Waals surface area (Å²) < 4.78 is 32.7. The molecule has 0 radical (unpaired) electrons. The van der Waals surface area contributed by atoms with Crippen LogP contribution in [-0.2, 0) is 10.0 Å². The average molecular weight is 312 g/mol. The lowest BCUT2D eigenvalue weighted by atomic mass is 10.2. The van der Waals surface area contributed by atoms with Crippen molar-refractivity contribution >= 4 is 10.0 Å². The summed E-state index contributed by atoms with van der Waals surface area (Å²) >= 11 is 0. The van der Waals surface area contributed by atoms with Gasteiger partial charge in [0.1, 0.15) is 12.4 Å². The van der Waals surface area contributed by atoms with E-state index in [1.54, 1.807) is 24.3 Å². The molecule has 1 aliphatic rings. The Kier molecular flexibility index (Phi) is 5.61. The minimum absolute atomic E-state index is 0.00560. The molecular weight excluding hydrogens is 288 g/mol. The first-order valence-electron chi connectivity index (χ1n) is 7.49. The fraction of sp³-hybridized carbons (Fsp3) is 0.600. The summed E-state index contributed by atoms with van der Waals surface area (Å²) in [5, 5.41) is 3.16. The van der Waals surface area contributed by atoms with Crippen LogP contribution in [0, 0.1) is 5.92 Å². The third-order valence-electron chi connectivity index (χ3n) is 3.60. The highest BCUT2D eigenvalue weighted by Gasteiger charge is 2.31. The molecule has 1 saturated carbocycles. The van der Waals surface area contributed by atoms with E-state index in [0.717, 1.165) is 25.9 Å². The van der Waals surface area contributed by atoms with Crippen molar-refractivity contribution in [3.8, 4) is 5.75 Å². The van der Waals surface area contributed by atoms with Crippen LogP contribution in [0.15, 0.2) is 29.2 Å². The van der Waals surface area contributed by atoms with E-state index in [1.165, 1.54) is 0 Å². The van der Waals surface area contributed by atoms with Gasteiger partial charge in [0.25, 0.3) is 0 Å². The quantitative estimate of drug-likeness (QED) is 0.682. The molecule has 2 rings (SSSR count). The molecule has 1 atom stereocenters. The molecule has 1 aliphatic carbocycles. The number of nitrogens with one attached hydrogen (secondary N) is 2. The summed E-state index contributed by atoms with van der Waals surface area (Å²) in [7, 11) is -3.43. The van der Waals surface area contributed by atoms with Gasteiger partial charge in [0.05, 0.1) is 4.90 Å². The second-order valence-electron chi connectivity index (χ2n) is 5.42. The smallest absolute Gasteiger partial charge is 0.240 e. The number of rotatable bonds is 9. The van der Waals surface area contributed by atoms with Crippen molar-refractivity contribution in [2.24, 2.45) is 5.92 Å². The standard InChI is InChI=1S/C15H24N2O3S/c1-3-16-10-11-20-14-6-8-15(9-7-14)21(18,19)17-12(2)13-4-5-13/h6-9,12-13,16-17H,3-5,10-11H2,1-2H3. The third-order valence-corrected chi connectivity index (χ3v) is 5.18. The van der Waals surface area contributed by atoms with Crippen LogP contribution >= 0.6 is 0 Å². The van der Waals surface area contributed by atoms with Crippen LogP contribution in [0.25, 0.3) is 0 Å². The fourth-order valence-electron chi connectivity index (χ4n) is 2.14. The second-order valence-corrected chi connectivity index (χ2v) is 7.13. The van der Waals surface area contributed by atoms with Gasteiger partial charge >= 0.3 is 0 Å². The summed E-state index contributed by atoms with van der Waals surface area (Å²) in [5.41, 5.74) is 0. The molecule has 21 heavy (non-hydrogen) atoms. The van der Waals surface area contributed by atoms with Crippen LogP contribution in [0.4, 0.5) is 0 Å². The lowest BCUT2D eigenvalue weighted by molar-refractivity contribution is 0.315. The Hall–Kier alpha value is -1.11. The molecule has 0 spiro atoms. The summed E-state index contributed by atoms with van der Waals surface area (Å²) in [6.07, 6.45) is 2.23. The molecule has 1 aromatic rings. The van der Waals surface area contributed by atoms with Crippen molar-refractivity contribution in [3.63, 3.8) is 0 Å². The Morgan fingerprint density at radius 2 is 1.95 bits per heavy atom. The maximum Gasteiger partial charge on any atom is 0.240 e. The van der Waals surface area contributed by atoms with Gasteiger partial charge in [-0.05, 0) is 56.5 Å². The zero-order valence-corrected chi connectivity index (χ0v) is 13.4. The van der Waals surface area contributed by atoms with Crippen molar-refractivity contribution in [2.45, 2.75) is 37.6 Å². The van der Waals surface area contributed by atoms with Crippen molar-refractivity contribution in [2.75, 3.05) is 19.7 Å². The molecule has 1 fully saturated rings. The van der Waals surface area contributed by atoms with Crippen LogP contribution in [0.1, 0.15) is 26.7 Å². The minimum atomic E-state index is -3.43. The number of likely N-dealkylation sites (N-methyl/N-ethyl adjacent to an activating group) is 1. The van der Waals surface area contributed by atoms with E-state index in [4.69, 9.17) is 4.74 Å². The molecule has 0 aromatic heterocycles. The SMILES string of the molecule is CCNCCOc1ccc(S(=O)(=O)NC(C)C2CC2)cc1. The normalized spacial score (nSPS) is 16.7. The summed E-state index contributed by atoms with van der Waals surface area (Å²) in [6.45, 7) is 6.21. The summed E-state index contributed by atoms with van der Waals surface area (Å²) in [6, 6.07) is 6.57. The van der Waals surface area contributed by atoms with E-state index < -0.39 is 10.0 Å². The lowest BCUT2D eigenvalue weighted by Crippen LogP contribution is -2.33. The molecule has 0 bridgehead atoms. The highest BCUT2D eigenvalue weighted by atomic mass is 32.2. The Morgan fingerprint density at radius 1 is 1.29 bits per heavy atom. The van der Waals surface area contributed by atoms with E-state index >= 15 is 0 Å². The second kappa shape index (κ2) is 7.24. The van der Waals surface area contributed by atoms with E-state index in [9.17, 15) is 8.42 Å². The molecule has 118 valence electrons. The molecule has 5 nitrogen and oxygen atoms in total. The van der Waals surface area contributed by atoms with Gasteiger partial charge in [-0.1, -0.05) is 6.92 Å². The maximum atomic E-state index is 12.2. The van der Waals surface area contributed by atoms with Gasteiger partial charge in [0, 0.05) is 12.6 Å². The number of hydrogen-bond acceptors (Lipinski definition) is 4. The molecule has 1 unspecified atom stereocenters. The molecule has 0 heterocycles. The van der Waals surface area contributed by atoms with Crippen LogP contribution in [0.3, 0.4) is 0 Å². The number of ether oxygens (including phenoxy) is 1. The zero-order valence-electron chi connectivity index (χ0n) is 12.6. The zero-order chi connectivity index (χ0) is 15.3. The van der Waals surface area contributed by atoms with Crippen LogP contribution < -0.4 is 14.8 Å². The van der Waals surface area contributed by atoms with Gasteiger partial charge in [0.2, 0.25) is 10.0 Å². The fourth-order valence-corrected chi connectivity index (χ4v) is 3.45. The van der Waals surface area contributed by atoms with Crippen molar-refractivity contribution in [1.82, 2.24) is 10.0 Å². The first kappa shape index (κ1) is 16.3. The van der Waals surface area contributed by atoms with Gasteiger partial charge in [-0.15, -0.1) is 0 Å². The molecule has 6 heteroatoms. The monoisotopic (exact) mass is 312 g/mol.